The predicted octanol–water partition coefficient (Wildman–Crippen LogP) is 2.60. The number of aromatic nitrogens is 3. The summed E-state index contributed by atoms with van der Waals surface area (Å²) in [7, 11) is 1.86. The summed E-state index contributed by atoms with van der Waals surface area (Å²) in [4.78, 5) is 0. The van der Waals surface area contributed by atoms with Crippen molar-refractivity contribution in [2.45, 2.75) is 13.5 Å². The first-order valence-electron chi connectivity index (χ1n) is 5.00. The number of nitrogens with zero attached hydrogens (tertiary/aromatic N) is 3. The van der Waals surface area contributed by atoms with Gasteiger partial charge in [-0.15, -0.1) is 10.2 Å². The second-order valence-corrected chi connectivity index (χ2v) is 4.44. The van der Waals surface area contributed by atoms with Gasteiger partial charge in [0.25, 0.3) is 0 Å². The summed E-state index contributed by atoms with van der Waals surface area (Å²) in [5.74, 6) is 1.62. The van der Waals surface area contributed by atoms with E-state index in [9.17, 15) is 4.39 Å². The molecule has 17 heavy (non-hydrogen) atoms. The molecule has 2 aromatic rings. The molecule has 0 bridgehead atoms. The van der Waals surface area contributed by atoms with E-state index >= 15 is 0 Å². The second-order valence-electron chi connectivity index (χ2n) is 3.59. The lowest BCUT2D eigenvalue weighted by Gasteiger charge is -2.06. The van der Waals surface area contributed by atoms with E-state index in [0.717, 1.165) is 5.82 Å². The molecule has 0 radical (unpaired) electrons. The van der Waals surface area contributed by atoms with Crippen LogP contribution >= 0.6 is 15.9 Å². The maximum atomic E-state index is 13.2. The molecule has 0 aliphatic rings. The number of rotatable bonds is 3. The SMILES string of the molecule is Cc1nnc(COc2ccc(Br)c(F)c2)n1C. The van der Waals surface area contributed by atoms with Gasteiger partial charge in [-0.05, 0) is 35.0 Å². The topological polar surface area (TPSA) is 39.9 Å². The van der Waals surface area contributed by atoms with Crippen LogP contribution < -0.4 is 4.74 Å². The molecule has 90 valence electrons. The third-order valence-corrected chi connectivity index (χ3v) is 3.08. The Bertz CT molecular complexity index is 542. The van der Waals surface area contributed by atoms with Gasteiger partial charge in [0.2, 0.25) is 0 Å². The van der Waals surface area contributed by atoms with Gasteiger partial charge < -0.3 is 9.30 Å². The molecule has 1 heterocycles. The molecule has 6 heteroatoms. The van der Waals surface area contributed by atoms with Crippen molar-refractivity contribution in [2.75, 3.05) is 0 Å². The molecule has 1 aromatic heterocycles. The third-order valence-electron chi connectivity index (χ3n) is 2.44. The minimum Gasteiger partial charge on any atom is -0.485 e. The van der Waals surface area contributed by atoms with Crippen LogP contribution in [0.1, 0.15) is 11.6 Å². The van der Waals surface area contributed by atoms with Gasteiger partial charge in [0.05, 0.1) is 4.47 Å². The molecule has 0 amide bonds. The highest BCUT2D eigenvalue weighted by Crippen LogP contribution is 2.21. The summed E-state index contributed by atoms with van der Waals surface area (Å²) in [5, 5.41) is 7.87. The summed E-state index contributed by atoms with van der Waals surface area (Å²) < 4.78 is 20.9. The Morgan fingerprint density at radius 1 is 1.41 bits per heavy atom. The lowest BCUT2D eigenvalue weighted by molar-refractivity contribution is 0.289. The van der Waals surface area contributed by atoms with E-state index in [0.29, 0.717) is 16.0 Å². The van der Waals surface area contributed by atoms with Gasteiger partial charge in [0.1, 0.15) is 24.0 Å². The number of hydrogen-bond acceptors (Lipinski definition) is 3. The number of benzene rings is 1. The van der Waals surface area contributed by atoms with Crippen molar-refractivity contribution in [1.29, 1.82) is 0 Å². The molecule has 4 nitrogen and oxygen atoms in total. The molecular formula is C11H11BrFN3O. The maximum Gasteiger partial charge on any atom is 0.170 e. The fraction of sp³-hybridized carbons (Fsp3) is 0.273. The molecule has 0 N–H and O–H groups in total. The molecule has 0 unspecified atom stereocenters. The van der Waals surface area contributed by atoms with Gasteiger partial charge in [0, 0.05) is 13.1 Å². The van der Waals surface area contributed by atoms with Crippen LogP contribution in [0.25, 0.3) is 0 Å². The van der Waals surface area contributed by atoms with Crippen LogP contribution in [0.5, 0.6) is 5.75 Å². The van der Waals surface area contributed by atoms with Gasteiger partial charge in [-0.25, -0.2) is 4.39 Å². The first-order chi connectivity index (χ1) is 8.08. The summed E-state index contributed by atoms with van der Waals surface area (Å²) in [6, 6.07) is 4.62. The monoisotopic (exact) mass is 299 g/mol. The zero-order valence-corrected chi connectivity index (χ0v) is 11.0. The lowest BCUT2D eigenvalue weighted by Crippen LogP contribution is -2.04. The average Bonchev–Trinajstić information content (AvgIpc) is 2.62. The molecule has 1 aromatic carbocycles. The Kier molecular flexibility index (Phi) is 3.42. The Hall–Kier alpha value is -1.43. The normalized spacial score (nSPS) is 10.6. The number of hydrogen-bond donors (Lipinski definition) is 0. The molecule has 0 atom stereocenters. The van der Waals surface area contributed by atoms with Gasteiger partial charge in [-0.3, -0.25) is 0 Å². The molecule has 0 fully saturated rings. The molecule has 0 saturated carbocycles. The van der Waals surface area contributed by atoms with Crippen molar-refractivity contribution in [3.63, 3.8) is 0 Å². The molecule has 0 saturated heterocycles. The Morgan fingerprint density at radius 2 is 2.18 bits per heavy atom. The molecule has 0 spiro atoms. The van der Waals surface area contributed by atoms with E-state index in [1.165, 1.54) is 6.07 Å². The summed E-state index contributed by atoms with van der Waals surface area (Å²) >= 11 is 3.08. The smallest absolute Gasteiger partial charge is 0.170 e. The molecule has 2 rings (SSSR count). The van der Waals surface area contributed by atoms with Gasteiger partial charge in [0.15, 0.2) is 5.82 Å². The minimum absolute atomic E-state index is 0.262. The molecule has 0 aliphatic carbocycles. The lowest BCUT2D eigenvalue weighted by atomic mass is 10.3. The number of aryl methyl sites for hydroxylation is 1. The first-order valence-corrected chi connectivity index (χ1v) is 5.80. The highest BCUT2D eigenvalue weighted by Gasteiger charge is 2.06. The van der Waals surface area contributed by atoms with Crippen molar-refractivity contribution in [3.05, 3.63) is 40.1 Å². The van der Waals surface area contributed by atoms with Crippen LogP contribution in [-0.4, -0.2) is 14.8 Å². The van der Waals surface area contributed by atoms with Crippen molar-refractivity contribution in [3.8, 4) is 5.75 Å². The van der Waals surface area contributed by atoms with E-state index < -0.39 is 0 Å². The van der Waals surface area contributed by atoms with E-state index in [2.05, 4.69) is 26.1 Å². The van der Waals surface area contributed by atoms with Crippen LogP contribution in [0.4, 0.5) is 4.39 Å². The zero-order valence-electron chi connectivity index (χ0n) is 9.44. The van der Waals surface area contributed by atoms with Crippen LogP contribution in [0.15, 0.2) is 22.7 Å². The Morgan fingerprint density at radius 3 is 2.76 bits per heavy atom. The van der Waals surface area contributed by atoms with Crippen molar-refractivity contribution in [1.82, 2.24) is 14.8 Å². The first kappa shape index (κ1) is 12.0. The molecule has 0 aliphatic heterocycles. The fourth-order valence-electron chi connectivity index (χ4n) is 1.29. The van der Waals surface area contributed by atoms with E-state index in [4.69, 9.17) is 4.74 Å². The Labute approximate surface area is 107 Å². The van der Waals surface area contributed by atoms with Crippen LogP contribution in [0, 0.1) is 12.7 Å². The predicted molar refractivity (Wildman–Crippen MR) is 64.2 cm³/mol. The molecular weight excluding hydrogens is 289 g/mol. The quantitative estimate of drug-likeness (QED) is 0.875. The van der Waals surface area contributed by atoms with Gasteiger partial charge in [-0.1, -0.05) is 0 Å². The third kappa shape index (κ3) is 2.63. The van der Waals surface area contributed by atoms with E-state index in [1.807, 2.05) is 18.5 Å². The van der Waals surface area contributed by atoms with Crippen molar-refractivity contribution in [2.24, 2.45) is 7.05 Å². The summed E-state index contributed by atoms with van der Waals surface area (Å²) in [6.07, 6.45) is 0. The van der Waals surface area contributed by atoms with Crippen LogP contribution in [0.3, 0.4) is 0 Å². The summed E-state index contributed by atoms with van der Waals surface area (Å²) in [5.41, 5.74) is 0. The largest absolute Gasteiger partial charge is 0.485 e. The Balaban J connectivity index is 2.07. The van der Waals surface area contributed by atoms with Crippen molar-refractivity contribution >= 4 is 15.9 Å². The van der Waals surface area contributed by atoms with Crippen LogP contribution in [0.2, 0.25) is 0 Å². The summed E-state index contributed by atoms with van der Waals surface area (Å²) in [6.45, 7) is 2.12. The zero-order chi connectivity index (χ0) is 12.4. The van der Waals surface area contributed by atoms with Crippen LogP contribution in [-0.2, 0) is 13.7 Å². The minimum atomic E-state index is -0.350. The second kappa shape index (κ2) is 4.83. The van der Waals surface area contributed by atoms with Gasteiger partial charge >= 0.3 is 0 Å². The number of ether oxygens (including phenoxy) is 1. The standard InChI is InChI=1S/C11H11BrFN3O/c1-7-14-15-11(16(7)2)6-17-8-3-4-9(12)10(13)5-8/h3-5H,6H2,1-2H3. The maximum absolute atomic E-state index is 13.2. The van der Waals surface area contributed by atoms with E-state index in [1.54, 1.807) is 12.1 Å². The highest BCUT2D eigenvalue weighted by atomic mass is 79.9. The van der Waals surface area contributed by atoms with Gasteiger partial charge in [-0.2, -0.15) is 0 Å². The number of halogens is 2. The van der Waals surface area contributed by atoms with Crippen molar-refractivity contribution < 1.29 is 9.13 Å². The van der Waals surface area contributed by atoms with E-state index in [-0.39, 0.29) is 12.4 Å². The average molecular weight is 300 g/mol. The highest BCUT2D eigenvalue weighted by molar-refractivity contribution is 9.10. The fourth-order valence-corrected chi connectivity index (χ4v) is 1.54.